The summed E-state index contributed by atoms with van der Waals surface area (Å²) in [4.78, 5) is 13.0. The molecule has 0 aliphatic heterocycles. The van der Waals surface area contributed by atoms with Crippen LogP contribution in [0, 0.1) is 0 Å². The summed E-state index contributed by atoms with van der Waals surface area (Å²) in [6.07, 6.45) is 3.43. The van der Waals surface area contributed by atoms with Gasteiger partial charge in [0.15, 0.2) is 0 Å². The molecule has 0 fully saturated rings. The van der Waals surface area contributed by atoms with Gasteiger partial charge in [-0.25, -0.2) is 9.78 Å². The molecule has 0 amide bonds. The Balaban J connectivity index is 2.43. The molecule has 0 saturated heterocycles. The Labute approximate surface area is 59.5 Å². The Morgan fingerprint density at radius 3 is 2.70 bits per heavy atom. The summed E-state index contributed by atoms with van der Waals surface area (Å²) in [5.74, 6) is 0. The summed E-state index contributed by atoms with van der Waals surface area (Å²) in [6.45, 7) is 0.471. The van der Waals surface area contributed by atoms with E-state index < -0.39 is 0 Å². The van der Waals surface area contributed by atoms with E-state index in [0.717, 1.165) is 5.56 Å². The summed E-state index contributed by atoms with van der Waals surface area (Å²) in [5.41, 5.74) is 1.05. The molecule has 0 N–H and O–H groups in total. The molecule has 54 valence electrons. The lowest BCUT2D eigenvalue weighted by Crippen LogP contribution is -1.90. The lowest BCUT2D eigenvalue weighted by atomic mass is 10.3. The second kappa shape index (κ2) is 3.98. The molecule has 3 nitrogen and oxygen atoms in total. The quantitative estimate of drug-likeness (QED) is 0.465. The topological polar surface area (TPSA) is 31.4 Å². The van der Waals surface area contributed by atoms with Gasteiger partial charge in [0.25, 0.3) is 0 Å². The van der Waals surface area contributed by atoms with Crippen molar-refractivity contribution in [1.82, 2.24) is 4.98 Å². The van der Waals surface area contributed by atoms with E-state index in [1.165, 1.54) is 7.11 Å². The molecule has 1 aromatic rings. The molecule has 1 heterocycles. The summed E-state index contributed by atoms with van der Waals surface area (Å²) < 4.78 is 0. The van der Waals surface area contributed by atoms with Gasteiger partial charge >= 0.3 is 0 Å². The standard InChI is InChI=1S/C7H9NO2/c1-9-10-6-7-2-4-8-5-3-7/h2-5H,6H2,1H3. The normalized spacial score (nSPS) is 9.70. The summed E-state index contributed by atoms with van der Waals surface area (Å²) >= 11 is 0. The minimum absolute atomic E-state index is 0.471. The molecule has 10 heavy (non-hydrogen) atoms. The molecule has 0 aromatic carbocycles. The van der Waals surface area contributed by atoms with Crippen molar-refractivity contribution in [2.75, 3.05) is 7.11 Å². The van der Waals surface area contributed by atoms with E-state index in [2.05, 4.69) is 9.87 Å². The molecule has 0 radical (unpaired) electrons. The molecular weight excluding hydrogens is 130 g/mol. The maximum atomic E-state index is 4.69. The van der Waals surface area contributed by atoms with Crippen LogP contribution in [-0.2, 0) is 16.4 Å². The summed E-state index contributed by atoms with van der Waals surface area (Å²) in [6, 6.07) is 3.75. The number of pyridine rings is 1. The third kappa shape index (κ3) is 2.13. The van der Waals surface area contributed by atoms with Crippen LogP contribution in [0.2, 0.25) is 0 Å². The van der Waals surface area contributed by atoms with E-state index in [1.807, 2.05) is 12.1 Å². The molecule has 0 unspecified atom stereocenters. The molecular formula is C7H9NO2. The Kier molecular flexibility index (Phi) is 2.86. The minimum Gasteiger partial charge on any atom is -0.265 e. The van der Waals surface area contributed by atoms with Crippen LogP contribution in [0.1, 0.15) is 5.56 Å². The second-order valence-electron chi connectivity index (χ2n) is 1.78. The van der Waals surface area contributed by atoms with Gasteiger partial charge in [0.1, 0.15) is 6.61 Å². The smallest absolute Gasteiger partial charge is 0.107 e. The zero-order valence-electron chi connectivity index (χ0n) is 5.78. The molecule has 0 aliphatic carbocycles. The van der Waals surface area contributed by atoms with Gasteiger partial charge in [-0.1, -0.05) is 0 Å². The predicted molar refractivity (Wildman–Crippen MR) is 36.0 cm³/mol. The van der Waals surface area contributed by atoms with Crippen molar-refractivity contribution in [3.05, 3.63) is 30.1 Å². The first-order valence-electron chi connectivity index (χ1n) is 2.98. The highest BCUT2D eigenvalue weighted by molar-refractivity contribution is 5.07. The molecule has 0 saturated carbocycles. The maximum absolute atomic E-state index is 4.69. The van der Waals surface area contributed by atoms with E-state index in [1.54, 1.807) is 12.4 Å². The van der Waals surface area contributed by atoms with Crippen molar-refractivity contribution in [2.24, 2.45) is 0 Å². The lowest BCUT2D eigenvalue weighted by Gasteiger charge is -1.97. The number of hydrogen-bond donors (Lipinski definition) is 0. The highest BCUT2D eigenvalue weighted by Crippen LogP contribution is 1.97. The average Bonchev–Trinajstić information content (AvgIpc) is 2.03. The van der Waals surface area contributed by atoms with Crippen molar-refractivity contribution in [3.63, 3.8) is 0 Å². The van der Waals surface area contributed by atoms with Crippen LogP contribution in [0.3, 0.4) is 0 Å². The van der Waals surface area contributed by atoms with Crippen LogP contribution in [-0.4, -0.2) is 12.1 Å². The highest BCUT2D eigenvalue weighted by atomic mass is 17.2. The SMILES string of the molecule is COOCc1ccncc1. The number of hydrogen-bond acceptors (Lipinski definition) is 3. The highest BCUT2D eigenvalue weighted by Gasteiger charge is 1.88. The van der Waals surface area contributed by atoms with Crippen molar-refractivity contribution < 1.29 is 9.78 Å². The Morgan fingerprint density at radius 1 is 1.40 bits per heavy atom. The van der Waals surface area contributed by atoms with E-state index in [0.29, 0.717) is 6.61 Å². The molecule has 0 spiro atoms. The zero-order chi connectivity index (χ0) is 7.23. The van der Waals surface area contributed by atoms with Crippen LogP contribution in [0.25, 0.3) is 0 Å². The number of aromatic nitrogens is 1. The third-order valence-electron chi connectivity index (χ3n) is 1.09. The molecule has 0 aliphatic rings. The average molecular weight is 139 g/mol. The van der Waals surface area contributed by atoms with Crippen molar-refractivity contribution >= 4 is 0 Å². The van der Waals surface area contributed by atoms with Gasteiger partial charge in [-0.3, -0.25) is 4.98 Å². The first-order valence-corrected chi connectivity index (χ1v) is 2.98. The molecule has 0 bridgehead atoms. The van der Waals surface area contributed by atoms with Crippen LogP contribution in [0.15, 0.2) is 24.5 Å². The first kappa shape index (κ1) is 7.18. The van der Waals surface area contributed by atoms with Crippen LogP contribution in [0.5, 0.6) is 0 Å². The summed E-state index contributed by atoms with van der Waals surface area (Å²) in [7, 11) is 1.49. The Morgan fingerprint density at radius 2 is 2.10 bits per heavy atom. The molecule has 1 rings (SSSR count). The van der Waals surface area contributed by atoms with Gasteiger partial charge in [-0.05, 0) is 17.7 Å². The van der Waals surface area contributed by atoms with Crippen molar-refractivity contribution in [3.8, 4) is 0 Å². The van der Waals surface area contributed by atoms with Gasteiger partial charge in [0.2, 0.25) is 0 Å². The van der Waals surface area contributed by atoms with Gasteiger partial charge < -0.3 is 0 Å². The molecule has 1 aromatic heterocycles. The second-order valence-corrected chi connectivity index (χ2v) is 1.78. The van der Waals surface area contributed by atoms with Crippen molar-refractivity contribution in [2.45, 2.75) is 6.61 Å². The Hall–Kier alpha value is -0.930. The molecule has 3 heteroatoms. The van der Waals surface area contributed by atoms with Crippen LogP contribution < -0.4 is 0 Å². The fourth-order valence-corrected chi connectivity index (χ4v) is 0.606. The van der Waals surface area contributed by atoms with Gasteiger partial charge in [0.05, 0.1) is 7.11 Å². The fourth-order valence-electron chi connectivity index (χ4n) is 0.606. The van der Waals surface area contributed by atoms with Crippen LogP contribution in [0.4, 0.5) is 0 Å². The van der Waals surface area contributed by atoms with Gasteiger partial charge in [0, 0.05) is 12.4 Å². The fraction of sp³-hybridized carbons (Fsp3) is 0.286. The summed E-state index contributed by atoms with van der Waals surface area (Å²) in [5, 5.41) is 0. The lowest BCUT2D eigenvalue weighted by molar-refractivity contribution is -0.282. The van der Waals surface area contributed by atoms with E-state index in [-0.39, 0.29) is 0 Å². The predicted octanol–water partition coefficient (Wildman–Crippen LogP) is 1.16. The first-order chi connectivity index (χ1) is 4.93. The largest absolute Gasteiger partial charge is 0.265 e. The number of rotatable bonds is 3. The van der Waals surface area contributed by atoms with Gasteiger partial charge in [-0.15, -0.1) is 0 Å². The number of nitrogens with zero attached hydrogens (tertiary/aromatic N) is 1. The monoisotopic (exact) mass is 139 g/mol. The van der Waals surface area contributed by atoms with Crippen molar-refractivity contribution in [1.29, 1.82) is 0 Å². The van der Waals surface area contributed by atoms with Crippen LogP contribution >= 0.6 is 0 Å². The molecule has 0 atom stereocenters. The minimum atomic E-state index is 0.471. The Bertz CT molecular complexity index is 176. The van der Waals surface area contributed by atoms with Gasteiger partial charge in [-0.2, -0.15) is 0 Å². The van der Waals surface area contributed by atoms with E-state index in [9.17, 15) is 0 Å². The van der Waals surface area contributed by atoms with E-state index >= 15 is 0 Å². The third-order valence-corrected chi connectivity index (χ3v) is 1.09. The zero-order valence-corrected chi connectivity index (χ0v) is 5.78. The maximum Gasteiger partial charge on any atom is 0.107 e. The van der Waals surface area contributed by atoms with E-state index in [4.69, 9.17) is 4.89 Å².